The molecule has 0 saturated heterocycles. The van der Waals surface area contributed by atoms with Crippen LogP contribution >= 0.6 is 0 Å². The van der Waals surface area contributed by atoms with Crippen LogP contribution in [-0.2, 0) is 0 Å². The number of rotatable bonds is 6. The van der Waals surface area contributed by atoms with Gasteiger partial charge in [-0.25, -0.2) is 0 Å². The molecule has 0 aliphatic heterocycles. The van der Waals surface area contributed by atoms with Gasteiger partial charge in [0.05, 0.1) is 0 Å². The van der Waals surface area contributed by atoms with Crippen LogP contribution in [0, 0.1) is 0 Å². The molecule has 0 spiro atoms. The number of benzene rings is 8. The standard InChI is InChI=1S/C46H31NSe/c1-3-13-32(14-4-1)33-23-26-36(27-24-33)47(37-28-30-39-35(31-37)25-29-43-42-20-10-12-22-45(42)48-46(39)43)44-21-11-9-19-41(44)40-18-8-7-17-38(40)34-15-5-2-6-16-34/h1-31H. The van der Waals surface area contributed by atoms with E-state index < -0.39 is 0 Å². The molecule has 9 aromatic rings. The van der Waals surface area contributed by atoms with Gasteiger partial charge in [-0.15, -0.1) is 0 Å². The van der Waals surface area contributed by atoms with Gasteiger partial charge in [-0.05, 0) is 0 Å². The van der Waals surface area contributed by atoms with E-state index in [1.807, 2.05) is 0 Å². The maximum atomic E-state index is 2.43. The van der Waals surface area contributed by atoms with E-state index in [1.165, 1.54) is 63.4 Å². The average molecular weight is 677 g/mol. The van der Waals surface area contributed by atoms with E-state index in [0.717, 1.165) is 17.1 Å². The molecule has 2 heteroatoms. The first-order chi connectivity index (χ1) is 23.8. The van der Waals surface area contributed by atoms with Gasteiger partial charge in [0.2, 0.25) is 0 Å². The molecule has 0 radical (unpaired) electrons. The van der Waals surface area contributed by atoms with E-state index >= 15 is 0 Å². The smallest absolute Gasteiger partial charge is 0.0617 e. The van der Waals surface area contributed by atoms with Crippen molar-refractivity contribution in [1.29, 1.82) is 0 Å². The van der Waals surface area contributed by atoms with Gasteiger partial charge in [0, 0.05) is 0 Å². The number of hydrogen-bond acceptors (Lipinski definition) is 1. The molecule has 0 amide bonds. The van der Waals surface area contributed by atoms with Crippen molar-refractivity contribution in [1.82, 2.24) is 0 Å². The van der Waals surface area contributed by atoms with Crippen LogP contribution in [0.3, 0.4) is 0 Å². The summed E-state index contributed by atoms with van der Waals surface area (Å²) < 4.78 is 2.96. The molecule has 0 aliphatic rings. The summed E-state index contributed by atoms with van der Waals surface area (Å²) in [6.45, 7) is 0. The van der Waals surface area contributed by atoms with Gasteiger partial charge >= 0.3 is 252 Å². The predicted molar refractivity (Wildman–Crippen MR) is 207 cm³/mol. The molecule has 1 nitrogen and oxygen atoms in total. The summed E-state index contributed by atoms with van der Waals surface area (Å²) in [5.41, 5.74) is 10.7. The minimum Gasteiger partial charge on any atom is -0.0617 e. The molecule has 0 fully saturated rings. The Morgan fingerprint density at radius 1 is 0.354 bits per heavy atom. The van der Waals surface area contributed by atoms with Crippen LogP contribution in [0.15, 0.2) is 188 Å². The van der Waals surface area contributed by atoms with Crippen LogP contribution < -0.4 is 4.90 Å². The van der Waals surface area contributed by atoms with Gasteiger partial charge in [-0.2, -0.15) is 0 Å². The van der Waals surface area contributed by atoms with Crippen molar-refractivity contribution in [3.8, 4) is 33.4 Å². The summed E-state index contributed by atoms with van der Waals surface area (Å²) in [6, 6.07) is 68.5. The van der Waals surface area contributed by atoms with E-state index in [4.69, 9.17) is 0 Å². The van der Waals surface area contributed by atoms with Crippen LogP contribution in [0.25, 0.3) is 63.4 Å². The zero-order valence-electron chi connectivity index (χ0n) is 26.3. The summed E-state index contributed by atoms with van der Waals surface area (Å²) in [5, 5.41) is 5.41. The fourth-order valence-electron chi connectivity index (χ4n) is 6.98. The number of anilines is 3. The molecule has 0 aliphatic carbocycles. The first-order valence-corrected chi connectivity index (χ1v) is 18.1. The Balaban J connectivity index is 1.25. The van der Waals surface area contributed by atoms with Crippen LogP contribution in [0.1, 0.15) is 0 Å². The molecule has 8 aromatic carbocycles. The number of fused-ring (bicyclic) bond motifs is 5. The van der Waals surface area contributed by atoms with Gasteiger partial charge in [0.1, 0.15) is 0 Å². The molecule has 1 heterocycles. The Kier molecular flexibility index (Phi) is 7.24. The first kappa shape index (κ1) is 28.6. The molecule has 0 unspecified atom stereocenters. The van der Waals surface area contributed by atoms with E-state index in [0.29, 0.717) is 14.5 Å². The molecule has 48 heavy (non-hydrogen) atoms. The predicted octanol–water partition coefficient (Wildman–Crippen LogP) is 12.7. The van der Waals surface area contributed by atoms with Gasteiger partial charge in [-0.1, -0.05) is 36.4 Å². The average Bonchev–Trinajstić information content (AvgIpc) is 3.55. The monoisotopic (exact) mass is 677 g/mol. The zero-order valence-corrected chi connectivity index (χ0v) is 28.0. The Morgan fingerprint density at radius 2 is 0.938 bits per heavy atom. The molecule has 0 atom stereocenters. The second kappa shape index (κ2) is 12.2. The maximum absolute atomic E-state index is 2.43. The van der Waals surface area contributed by atoms with Gasteiger partial charge < -0.3 is 0 Å². The molecule has 0 N–H and O–H groups in total. The van der Waals surface area contributed by atoms with E-state index in [-0.39, 0.29) is 0 Å². The fraction of sp³-hybridized carbons (Fsp3) is 0. The summed E-state index contributed by atoms with van der Waals surface area (Å²) >= 11 is 0.299. The van der Waals surface area contributed by atoms with Crippen molar-refractivity contribution in [2.24, 2.45) is 0 Å². The number of nitrogens with zero attached hydrogens (tertiary/aromatic N) is 1. The van der Waals surface area contributed by atoms with Gasteiger partial charge in [0.25, 0.3) is 0 Å². The fourth-order valence-corrected chi connectivity index (χ4v) is 9.58. The third kappa shape index (κ3) is 5.04. The molecule has 0 bridgehead atoms. The number of hydrogen-bond donors (Lipinski definition) is 0. The van der Waals surface area contributed by atoms with Crippen LogP contribution in [0.2, 0.25) is 0 Å². The summed E-state index contributed by atoms with van der Waals surface area (Å²) in [6.07, 6.45) is 0. The summed E-state index contributed by atoms with van der Waals surface area (Å²) in [4.78, 5) is 2.43. The Labute approximate surface area is 286 Å². The normalized spacial score (nSPS) is 11.3. The van der Waals surface area contributed by atoms with Gasteiger partial charge in [0.15, 0.2) is 0 Å². The third-order valence-electron chi connectivity index (χ3n) is 9.28. The SMILES string of the molecule is c1ccc(-c2ccc(N(c3ccc4c(ccc5c6ccccc6[se]c45)c3)c3ccccc3-c3ccccc3-c3ccccc3)cc2)cc1. The van der Waals surface area contributed by atoms with Crippen molar-refractivity contribution < 1.29 is 0 Å². The quantitative estimate of drug-likeness (QED) is 0.159. The van der Waals surface area contributed by atoms with Crippen LogP contribution in [0.4, 0.5) is 17.1 Å². The molecular weight excluding hydrogens is 645 g/mol. The van der Waals surface area contributed by atoms with E-state index in [9.17, 15) is 0 Å². The molecule has 9 rings (SSSR count). The van der Waals surface area contributed by atoms with Crippen molar-refractivity contribution in [2.75, 3.05) is 4.90 Å². The second-order valence-corrected chi connectivity index (χ2v) is 14.3. The third-order valence-corrected chi connectivity index (χ3v) is 11.8. The topological polar surface area (TPSA) is 3.24 Å². The van der Waals surface area contributed by atoms with Crippen molar-refractivity contribution in [3.05, 3.63) is 188 Å². The van der Waals surface area contributed by atoms with E-state index in [2.05, 4.69) is 193 Å². The minimum absolute atomic E-state index is 0.299. The summed E-state index contributed by atoms with van der Waals surface area (Å²) in [5.74, 6) is 0. The molecule has 1 aromatic heterocycles. The first-order valence-electron chi connectivity index (χ1n) is 16.4. The van der Waals surface area contributed by atoms with E-state index in [1.54, 1.807) is 0 Å². The molecular formula is C46H31NSe. The summed E-state index contributed by atoms with van der Waals surface area (Å²) in [7, 11) is 0. The van der Waals surface area contributed by atoms with Crippen molar-refractivity contribution in [2.45, 2.75) is 0 Å². The Bertz CT molecular complexity index is 2550. The Morgan fingerprint density at radius 3 is 1.73 bits per heavy atom. The number of para-hydroxylation sites is 1. The van der Waals surface area contributed by atoms with Crippen LogP contribution in [0.5, 0.6) is 0 Å². The zero-order chi connectivity index (χ0) is 31.9. The van der Waals surface area contributed by atoms with Crippen LogP contribution in [-0.4, -0.2) is 14.5 Å². The minimum atomic E-state index is 0.299. The van der Waals surface area contributed by atoms with Crippen molar-refractivity contribution >= 4 is 61.6 Å². The van der Waals surface area contributed by atoms with Crippen molar-refractivity contribution in [3.63, 3.8) is 0 Å². The Hall–Kier alpha value is -5.66. The van der Waals surface area contributed by atoms with Gasteiger partial charge in [-0.3, -0.25) is 0 Å². The molecule has 0 saturated carbocycles. The second-order valence-electron chi connectivity index (χ2n) is 12.1. The molecule has 226 valence electrons.